The third kappa shape index (κ3) is 2.70. The molecule has 4 fully saturated rings. The largest absolute Gasteiger partial charge is 0.393 e. The average molecular weight is 443 g/mol. The summed E-state index contributed by atoms with van der Waals surface area (Å²) < 4.78 is 0. The van der Waals surface area contributed by atoms with E-state index in [-0.39, 0.29) is 39.1 Å². The van der Waals surface area contributed by atoms with Crippen molar-refractivity contribution in [1.82, 2.24) is 0 Å². The molecule has 3 heteroatoms. The monoisotopic (exact) mass is 442 g/mol. The number of carbonyl (C=O) groups is 1. The summed E-state index contributed by atoms with van der Waals surface area (Å²) in [5.41, 5.74) is 0.697. The van der Waals surface area contributed by atoms with Crippen LogP contribution in [-0.2, 0) is 4.79 Å². The number of fused-ring (bicyclic) bond motifs is 7. The van der Waals surface area contributed by atoms with Crippen LogP contribution in [0.1, 0.15) is 106 Å². The van der Waals surface area contributed by atoms with Crippen LogP contribution in [0.2, 0.25) is 0 Å². The minimum absolute atomic E-state index is 0.0113. The Bertz CT molecular complexity index is 870. The molecule has 180 valence electrons. The highest BCUT2D eigenvalue weighted by atomic mass is 16.3. The number of rotatable bonds is 0. The molecule has 5 rings (SSSR count). The lowest BCUT2D eigenvalue weighted by Crippen LogP contribution is -2.66. The lowest BCUT2D eigenvalue weighted by Gasteiger charge is -2.70. The maximum Gasteiger partial charge on any atom is 0.159 e. The fraction of sp³-hybridized carbons (Fsp3) is 0.897. The fourth-order valence-electron chi connectivity index (χ4n) is 10.2. The number of carbonyl (C=O) groups excluding carboxylic acids is 1. The zero-order valence-corrected chi connectivity index (χ0v) is 21.6. The van der Waals surface area contributed by atoms with Crippen molar-refractivity contribution in [2.75, 3.05) is 0 Å². The van der Waals surface area contributed by atoms with E-state index in [1.165, 1.54) is 12.0 Å². The van der Waals surface area contributed by atoms with Crippen LogP contribution in [0.4, 0.5) is 0 Å². The second-order valence-electron chi connectivity index (χ2n) is 14.6. The van der Waals surface area contributed by atoms with Crippen LogP contribution in [0, 0.1) is 44.8 Å². The molecule has 0 heterocycles. The topological polar surface area (TPSA) is 57.5 Å². The molecule has 3 nitrogen and oxygen atoms in total. The van der Waals surface area contributed by atoms with E-state index in [1.54, 1.807) is 0 Å². The van der Waals surface area contributed by atoms with Gasteiger partial charge in [0.15, 0.2) is 5.78 Å². The molecule has 5 aliphatic rings. The molecular weight excluding hydrogens is 396 g/mol. The molecule has 0 aromatic heterocycles. The molecule has 9 atom stereocenters. The Labute approximate surface area is 195 Å². The van der Waals surface area contributed by atoms with Gasteiger partial charge in [-0.2, -0.15) is 0 Å². The molecule has 4 saturated carbocycles. The van der Waals surface area contributed by atoms with Crippen LogP contribution in [0.5, 0.6) is 0 Å². The Morgan fingerprint density at radius 1 is 0.875 bits per heavy atom. The molecule has 0 bridgehead atoms. The van der Waals surface area contributed by atoms with Crippen LogP contribution < -0.4 is 0 Å². The Hall–Kier alpha value is -0.670. The number of aliphatic hydroxyl groups excluding tert-OH is 1. The van der Waals surface area contributed by atoms with Gasteiger partial charge in [-0.3, -0.25) is 4.79 Å². The molecular formula is C29H46O3. The zero-order valence-electron chi connectivity index (χ0n) is 21.6. The van der Waals surface area contributed by atoms with Crippen molar-refractivity contribution in [2.24, 2.45) is 44.8 Å². The summed E-state index contributed by atoms with van der Waals surface area (Å²) in [5, 5.41) is 21.8. The van der Waals surface area contributed by atoms with E-state index in [2.05, 4.69) is 47.6 Å². The fourth-order valence-corrected chi connectivity index (χ4v) is 10.2. The first-order chi connectivity index (χ1) is 14.6. The average Bonchev–Trinajstić information content (AvgIpc) is 2.68. The van der Waals surface area contributed by atoms with Crippen molar-refractivity contribution >= 4 is 5.78 Å². The van der Waals surface area contributed by atoms with Crippen molar-refractivity contribution in [3.63, 3.8) is 0 Å². The van der Waals surface area contributed by atoms with E-state index in [0.717, 1.165) is 51.4 Å². The summed E-state index contributed by atoms with van der Waals surface area (Å²) in [6.07, 6.45) is 10.8. The van der Waals surface area contributed by atoms with E-state index in [0.29, 0.717) is 17.6 Å². The molecule has 0 aromatic rings. The molecule has 0 radical (unpaired) electrons. The summed E-state index contributed by atoms with van der Waals surface area (Å²) in [5.74, 6) is 1.06. The predicted octanol–water partition coefficient (Wildman–Crippen LogP) is 6.07. The normalized spacial score (nSPS) is 56.9. The summed E-state index contributed by atoms with van der Waals surface area (Å²) in [6.45, 7) is 16.2. The lowest BCUT2D eigenvalue weighted by molar-refractivity contribution is -0.203. The number of hydrogen-bond donors (Lipinski definition) is 2. The van der Waals surface area contributed by atoms with Gasteiger partial charge in [-0.25, -0.2) is 0 Å². The van der Waals surface area contributed by atoms with E-state index in [1.807, 2.05) is 6.92 Å². The van der Waals surface area contributed by atoms with E-state index in [4.69, 9.17) is 0 Å². The number of ketones is 1. The summed E-state index contributed by atoms with van der Waals surface area (Å²) in [4.78, 5) is 14.1. The summed E-state index contributed by atoms with van der Waals surface area (Å²) in [6, 6.07) is 0. The molecule has 0 saturated heterocycles. The van der Waals surface area contributed by atoms with E-state index < -0.39 is 5.60 Å². The Kier molecular flexibility index (Phi) is 4.69. The van der Waals surface area contributed by atoms with E-state index >= 15 is 0 Å². The van der Waals surface area contributed by atoms with Gasteiger partial charge >= 0.3 is 0 Å². The smallest absolute Gasteiger partial charge is 0.159 e. The molecule has 5 aliphatic carbocycles. The third-order valence-corrected chi connectivity index (χ3v) is 12.5. The van der Waals surface area contributed by atoms with Crippen LogP contribution in [0.15, 0.2) is 11.6 Å². The second-order valence-corrected chi connectivity index (χ2v) is 14.6. The minimum atomic E-state index is -0.628. The minimum Gasteiger partial charge on any atom is -0.393 e. The van der Waals surface area contributed by atoms with Gasteiger partial charge < -0.3 is 10.2 Å². The summed E-state index contributed by atoms with van der Waals surface area (Å²) in [7, 11) is 0. The van der Waals surface area contributed by atoms with Gasteiger partial charge in [-0.1, -0.05) is 47.1 Å². The quantitative estimate of drug-likeness (QED) is 0.478. The van der Waals surface area contributed by atoms with Crippen molar-refractivity contribution in [3.8, 4) is 0 Å². The first-order valence-electron chi connectivity index (χ1n) is 13.3. The third-order valence-electron chi connectivity index (χ3n) is 12.5. The van der Waals surface area contributed by atoms with Gasteiger partial charge in [0.25, 0.3) is 0 Å². The van der Waals surface area contributed by atoms with Gasteiger partial charge in [0.1, 0.15) is 0 Å². The lowest BCUT2D eigenvalue weighted by atomic mass is 9.33. The Morgan fingerprint density at radius 3 is 2.22 bits per heavy atom. The van der Waals surface area contributed by atoms with Gasteiger partial charge in [0.2, 0.25) is 0 Å². The molecule has 0 spiro atoms. The number of aliphatic hydroxyl groups is 2. The van der Waals surface area contributed by atoms with Crippen molar-refractivity contribution in [3.05, 3.63) is 11.6 Å². The molecule has 0 aliphatic heterocycles. The highest BCUT2D eigenvalue weighted by Gasteiger charge is 2.70. The number of allylic oxidation sites excluding steroid dienone is 2. The van der Waals surface area contributed by atoms with Gasteiger partial charge in [-0.05, 0) is 110 Å². The van der Waals surface area contributed by atoms with Crippen LogP contribution >= 0.6 is 0 Å². The van der Waals surface area contributed by atoms with Crippen molar-refractivity contribution < 1.29 is 15.0 Å². The van der Waals surface area contributed by atoms with E-state index in [9.17, 15) is 15.0 Å². The van der Waals surface area contributed by atoms with Crippen molar-refractivity contribution in [1.29, 1.82) is 0 Å². The maximum absolute atomic E-state index is 14.1. The number of hydrogen-bond acceptors (Lipinski definition) is 3. The standard InChI is InChI=1S/C29H46O3/c1-24(2)21-8-11-29(7)23(27(21,5)10-9-22(24)31)20(30)16-18-19-17-26(4,32)14-12-25(19,3)13-15-28(18,29)6/h16,19,21-23,31-32H,8-15,17H2,1-7H3/t19-,21-,22-,23+,25+,26?,27-,28+,29+/m0/s1. The van der Waals surface area contributed by atoms with Crippen LogP contribution in [0.25, 0.3) is 0 Å². The molecule has 1 unspecified atom stereocenters. The molecule has 0 amide bonds. The first-order valence-corrected chi connectivity index (χ1v) is 13.3. The molecule has 2 N–H and O–H groups in total. The zero-order chi connectivity index (χ0) is 23.5. The Balaban J connectivity index is 1.63. The second kappa shape index (κ2) is 6.51. The Morgan fingerprint density at radius 2 is 1.53 bits per heavy atom. The first kappa shape index (κ1) is 23.1. The SMILES string of the molecule is CC1(O)CC[C@]2(C)CC[C@]3(C)C(=CC(=O)[C@@H]4[C@@]5(C)CC[C@H](O)C(C)(C)[C@@H]5CC[C@]43C)[C@@H]2C1. The predicted molar refractivity (Wildman–Crippen MR) is 128 cm³/mol. The molecule has 0 aromatic carbocycles. The van der Waals surface area contributed by atoms with Gasteiger partial charge in [-0.15, -0.1) is 0 Å². The highest BCUT2D eigenvalue weighted by molar-refractivity contribution is 5.95. The maximum atomic E-state index is 14.1. The van der Waals surface area contributed by atoms with Crippen molar-refractivity contribution in [2.45, 2.75) is 118 Å². The van der Waals surface area contributed by atoms with Crippen LogP contribution in [0.3, 0.4) is 0 Å². The highest BCUT2D eigenvalue weighted by Crippen LogP contribution is 2.74. The molecule has 32 heavy (non-hydrogen) atoms. The van der Waals surface area contributed by atoms with Gasteiger partial charge in [0, 0.05) is 5.92 Å². The van der Waals surface area contributed by atoms with Crippen LogP contribution in [-0.4, -0.2) is 27.7 Å². The summed E-state index contributed by atoms with van der Waals surface area (Å²) >= 11 is 0. The van der Waals surface area contributed by atoms with Gasteiger partial charge in [0.05, 0.1) is 11.7 Å².